The number of fused-ring (bicyclic) bond motifs is 1. The van der Waals surface area contributed by atoms with Crippen molar-refractivity contribution in [2.75, 3.05) is 20.2 Å². The van der Waals surface area contributed by atoms with Crippen LogP contribution in [0.3, 0.4) is 0 Å². The summed E-state index contributed by atoms with van der Waals surface area (Å²) in [7, 11) is 1.61. The van der Waals surface area contributed by atoms with E-state index < -0.39 is 0 Å². The number of carbonyl (C=O) groups excluding carboxylic acids is 1. The lowest BCUT2D eigenvalue weighted by Gasteiger charge is -2.27. The number of carbonyl (C=O) groups is 1. The molecular weight excluding hydrogens is 342 g/mol. The van der Waals surface area contributed by atoms with E-state index in [1.54, 1.807) is 25.3 Å². The third-order valence-electron chi connectivity index (χ3n) is 5.14. The molecule has 0 bridgehead atoms. The van der Waals surface area contributed by atoms with E-state index in [0.717, 1.165) is 37.2 Å². The van der Waals surface area contributed by atoms with Crippen LogP contribution >= 0.6 is 0 Å². The minimum Gasteiger partial charge on any atom is -0.507 e. The minimum atomic E-state index is -0.160. The normalized spacial score (nSPS) is 18.4. The van der Waals surface area contributed by atoms with Gasteiger partial charge in [-0.25, -0.2) is 0 Å². The van der Waals surface area contributed by atoms with Crippen molar-refractivity contribution in [3.05, 3.63) is 58.8 Å². The Morgan fingerprint density at radius 1 is 1.19 bits per heavy atom. The highest BCUT2D eigenvalue weighted by atomic mass is 16.5. The number of piperidine rings is 1. The number of rotatable bonds is 4. The molecule has 5 heteroatoms. The van der Waals surface area contributed by atoms with E-state index in [2.05, 4.69) is 4.90 Å². The fourth-order valence-corrected chi connectivity index (χ4v) is 3.67. The zero-order valence-electron chi connectivity index (χ0n) is 15.4. The molecule has 0 atom stereocenters. The second-order valence-corrected chi connectivity index (χ2v) is 6.99. The SMILES string of the molecule is COc1cccc(C=C2Oc3c(ccc(O)c3CN3CCCCC3)C2=O)c1. The van der Waals surface area contributed by atoms with Gasteiger partial charge in [0, 0.05) is 6.54 Å². The first-order chi connectivity index (χ1) is 13.2. The second-order valence-electron chi connectivity index (χ2n) is 6.99. The highest BCUT2D eigenvalue weighted by Gasteiger charge is 2.31. The van der Waals surface area contributed by atoms with E-state index in [1.807, 2.05) is 24.3 Å². The summed E-state index contributed by atoms with van der Waals surface area (Å²) in [6.45, 7) is 2.60. The van der Waals surface area contributed by atoms with Crippen LogP contribution in [0.25, 0.3) is 6.08 Å². The second kappa shape index (κ2) is 7.45. The van der Waals surface area contributed by atoms with Crippen LogP contribution in [0.5, 0.6) is 17.2 Å². The summed E-state index contributed by atoms with van der Waals surface area (Å²) in [4.78, 5) is 15.1. The smallest absolute Gasteiger partial charge is 0.231 e. The maximum atomic E-state index is 12.8. The van der Waals surface area contributed by atoms with E-state index in [4.69, 9.17) is 9.47 Å². The Hall–Kier alpha value is -2.79. The van der Waals surface area contributed by atoms with Gasteiger partial charge in [-0.2, -0.15) is 0 Å². The van der Waals surface area contributed by atoms with Crippen molar-refractivity contribution in [2.45, 2.75) is 25.8 Å². The lowest BCUT2D eigenvalue weighted by Crippen LogP contribution is -2.29. The fraction of sp³-hybridized carbons (Fsp3) is 0.318. The molecule has 1 saturated heterocycles. The van der Waals surface area contributed by atoms with Crippen LogP contribution in [0.4, 0.5) is 0 Å². The molecule has 0 aliphatic carbocycles. The van der Waals surface area contributed by atoms with Gasteiger partial charge in [0.05, 0.1) is 18.2 Å². The molecule has 1 fully saturated rings. The van der Waals surface area contributed by atoms with Gasteiger partial charge >= 0.3 is 0 Å². The molecule has 5 nitrogen and oxygen atoms in total. The molecule has 2 aromatic rings. The number of allylic oxidation sites excluding steroid dienone is 1. The van der Waals surface area contributed by atoms with Crippen molar-refractivity contribution in [3.63, 3.8) is 0 Å². The number of likely N-dealkylation sites (tertiary alicyclic amines) is 1. The molecule has 1 N–H and O–H groups in total. The number of hydrogen-bond acceptors (Lipinski definition) is 5. The number of Topliss-reactive ketones (excluding diaryl/α,β-unsaturated/α-hetero) is 1. The molecule has 0 spiro atoms. The van der Waals surface area contributed by atoms with Crippen molar-refractivity contribution < 1.29 is 19.4 Å². The highest BCUT2D eigenvalue weighted by Crippen LogP contribution is 2.40. The number of phenolic OH excluding ortho intramolecular Hbond substituents is 1. The predicted molar refractivity (Wildman–Crippen MR) is 103 cm³/mol. The Morgan fingerprint density at radius 2 is 2.00 bits per heavy atom. The summed E-state index contributed by atoms with van der Waals surface area (Å²) >= 11 is 0. The van der Waals surface area contributed by atoms with Crippen molar-refractivity contribution >= 4 is 11.9 Å². The molecule has 0 unspecified atom stereocenters. The number of ketones is 1. The standard InChI is InChI=1S/C22H23NO4/c1-26-16-7-5-6-15(12-16)13-20-21(25)17-8-9-19(24)18(22(17)27-20)14-23-10-3-2-4-11-23/h5-9,12-13,24H,2-4,10-11,14H2,1H3. The fourth-order valence-electron chi connectivity index (χ4n) is 3.67. The van der Waals surface area contributed by atoms with E-state index in [1.165, 1.54) is 6.42 Å². The summed E-state index contributed by atoms with van der Waals surface area (Å²) in [5, 5.41) is 10.4. The van der Waals surface area contributed by atoms with Crippen LogP contribution in [-0.4, -0.2) is 36.0 Å². The van der Waals surface area contributed by atoms with Gasteiger partial charge in [0.1, 0.15) is 17.2 Å². The van der Waals surface area contributed by atoms with Crippen LogP contribution in [0, 0.1) is 0 Å². The van der Waals surface area contributed by atoms with Crippen LogP contribution < -0.4 is 9.47 Å². The van der Waals surface area contributed by atoms with Crippen molar-refractivity contribution in [3.8, 4) is 17.2 Å². The topological polar surface area (TPSA) is 59.0 Å². The Labute approximate surface area is 158 Å². The van der Waals surface area contributed by atoms with Gasteiger partial charge in [0.15, 0.2) is 5.76 Å². The average molecular weight is 365 g/mol. The molecule has 2 heterocycles. The van der Waals surface area contributed by atoms with E-state index in [0.29, 0.717) is 23.4 Å². The zero-order valence-corrected chi connectivity index (χ0v) is 15.4. The Balaban J connectivity index is 1.64. The average Bonchev–Trinajstić information content (AvgIpc) is 3.01. The highest BCUT2D eigenvalue weighted by molar-refractivity contribution is 6.15. The lowest BCUT2D eigenvalue weighted by atomic mass is 10.0. The molecule has 0 saturated carbocycles. The van der Waals surface area contributed by atoms with Crippen molar-refractivity contribution in [2.24, 2.45) is 0 Å². The monoisotopic (exact) mass is 365 g/mol. The molecule has 27 heavy (non-hydrogen) atoms. The van der Waals surface area contributed by atoms with Gasteiger partial charge in [-0.3, -0.25) is 9.69 Å². The van der Waals surface area contributed by atoms with Gasteiger partial charge in [-0.15, -0.1) is 0 Å². The number of phenols is 1. The number of ether oxygens (including phenoxy) is 2. The first-order valence-electron chi connectivity index (χ1n) is 9.31. The molecule has 2 aliphatic rings. The first-order valence-corrected chi connectivity index (χ1v) is 9.31. The summed E-state index contributed by atoms with van der Waals surface area (Å²) in [6.07, 6.45) is 5.29. The lowest BCUT2D eigenvalue weighted by molar-refractivity contribution is 0.101. The zero-order chi connectivity index (χ0) is 18.8. The van der Waals surface area contributed by atoms with Gasteiger partial charge in [0.2, 0.25) is 5.78 Å². The number of nitrogens with zero attached hydrogens (tertiary/aromatic N) is 1. The number of hydrogen-bond donors (Lipinski definition) is 1. The molecule has 2 aromatic carbocycles. The van der Waals surface area contributed by atoms with E-state index in [-0.39, 0.29) is 17.3 Å². The Bertz CT molecular complexity index is 897. The maximum absolute atomic E-state index is 12.8. The summed E-state index contributed by atoms with van der Waals surface area (Å²) in [5.41, 5.74) is 2.03. The predicted octanol–water partition coefficient (Wildman–Crippen LogP) is 4.00. The first kappa shape index (κ1) is 17.6. The molecule has 4 rings (SSSR count). The number of methoxy groups -OCH3 is 1. The Kier molecular flexibility index (Phi) is 4.86. The Morgan fingerprint density at radius 3 is 2.78 bits per heavy atom. The quantitative estimate of drug-likeness (QED) is 0.830. The molecule has 0 amide bonds. The maximum Gasteiger partial charge on any atom is 0.231 e. The number of aromatic hydroxyl groups is 1. The van der Waals surface area contributed by atoms with Crippen LogP contribution in [0.15, 0.2) is 42.2 Å². The van der Waals surface area contributed by atoms with Gasteiger partial charge < -0.3 is 14.6 Å². The van der Waals surface area contributed by atoms with Crippen LogP contribution in [0.2, 0.25) is 0 Å². The summed E-state index contributed by atoms with van der Waals surface area (Å²) < 4.78 is 11.2. The minimum absolute atomic E-state index is 0.160. The van der Waals surface area contributed by atoms with Crippen LogP contribution in [0.1, 0.15) is 40.7 Å². The van der Waals surface area contributed by atoms with Gasteiger partial charge in [-0.1, -0.05) is 18.6 Å². The third-order valence-corrected chi connectivity index (χ3v) is 5.14. The van der Waals surface area contributed by atoms with Crippen LogP contribution in [-0.2, 0) is 6.54 Å². The van der Waals surface area contributed by atoms with Gasteiger partial charge in [-0.05, 0) is 61.8 Å². The molecule has 2 aliphatic heterocycles. The van der Waals surface area contributed by atoms with Crippen molar-refractivity contribution in [1.29, 1.82) is 0 Å². The van der Waals surface area contributed by atoms with Crippen molar-refractivity contribution in [1.82, 2.24) is 4.90 Å². The van der Waals surface area contributed by atoms with E-state index in [9.17, 15) is 9.90 Å². The molecular formula is C22H23NO4. The van der Waals surface area contributed by atoms with E-state index >= 15 is 0 Å². The molecule has 140 valence electrons. The molecule has 0 aromatic heterocycles. The summed E-state index contributed by atoms with van der Waals surface area (Å²) in [5.74, 6) is 1.49. The third kappa shape index (κ3) is 3.55. The van der Waals surface area contributed by atoms with Gasteiger partial charge in [0.25, 0.3) is 0 Å². The number of benzene rings is 2. The largest absolute Gasteiger partial charge is 0.507 e. The summed E-state index contributed by atoms with van der Waals surface area (Å²) in [6, 6.07) is 10.7. The molecule has 0 radical (unpaired) electrons.